The van der Waals surface area contributed by atoms with Gasteiger partial charge >= 0.3 is 0 Å². The Morgan fingerprint density at radius 1 is 1.30 bits per heavy atom. The lowest BCUT2D eigenvalue weighted by atomic mass is 10.00. The molecule has 0 amide bonds. The van der Waals surface area contributed by atoms with E-state index in [-0.39, 0.29) is 14.0 Å². The molecule has 10 heavy (non-hydrogen) atoms. The molecule has 0 aromatic heterocycles. The number of rotatable bonds is 2. The summed E-state index contributed by atoms with van der Waals surface area (Å²) < 4.78 is 0. The van der Waals surface area contributed by atoms with E-state index in [1.54, 1.807) is 0 Å². The van der Waals surface area contributed by atoms with Crippen LogP contribution >= 0.6 is 0 Å². The van der Waals surface area contributed by atoms with Gasteiger partial charge in [-0.1, -0.05) is 26.8 Å². The molecule has 0 saturated carbocycles. The maximum Gasteiger partial charge on any atom is 0.0646 e. The predicted molar refractivity (Wildman–Crippen MR) is 47.0 cm³/mol. The summed E-state index contributed by atoms with van der Waals surface area (Å²) in [4.78, 5) is 0. The molecule has 0 saturated heterocycles. The number of hydrogen-bond donors (Lipinski definition) is 1. The fraction of sp³-hybridized carbons (Fsp3) is 0.778. The molecule has 0 atom stereocenters. The second-order valence-electron chi connectivity index (χ2n) is 2.84. The Bertz CT molecular complexity index is 108. The standard InChI is InChI=1S/C8H16O.CH4/c1-6(2)8(5-9)7(3)4;/h6,9H,5H2,1-4H3;1H4. The number of hydrogen-bond acceptors (Lipinski definition) is 1. The molecular formula is C9H20O. The third-order valence-corrected chi connectivity index (χ3v) is 1.51. The highest BCUT2D eigenvalue weighted by Gasteiger charge is 2.01. The van der Waals surface area contributed by atoms with E-state index in [1.165, 1.54) is 5.57 Å². The first-order valence-electron chi connectivity index (χ1n) is 3.36. The summed E-state index contributed by atoms with van der Waals surface area (Å²) in [6.07, 6.45) is 0. The summed E-state index contributed by atoms with van der Waals surface area (Å²) in [5, 5.41) is 8.81. The van der Waals surface area contributed by atoms with E-state index in [1.807, 2.05) is 13.8 Å². The molecule has 0 unspecified atom stereocenters. The highest BCUT2D eigenvalue weighted by atomic mass is 16.3. The minimum atomic E-state index is 0. The van der Waals surface area contributed by atoms with Gasteiger partial charge in [0, 0.05) is 0 Å². The van der Waals surface area contributed by atoms with Gasteiger partial charge in [-0.2, -0.15) is 0 Å². The van der Waals surface area contributed by atoms with Crippen molar-refractivity contribution in [3.05, 3.63) is 11.1 Å². The van der Waals surface area contributed by atoms with Gasteiger partial charge in [0.25, 0.3) is 0 Å². The van der Waals surface area contributed by atoms with Gasteiger partial charge < -0.3 is 5.11 Å². The average Bonchev–Trinajstić information content (AvgIpc) is 1.64. The first-order chi connectivity index (χ1) is 4.09. The van der Waals surface area contributed by atoms with Gasteiger partial charge in [-0.15, -0.1) is 0 Å². The molecule has 0 bridgehead atoms. The maximum absolute atomic E-state index is 8.81. The second-order valence-corrected chi connectivity index (χ2v) is 2.84. The molecule has 0 aliphatic heterocycles. The SMILES string of the molecule is C.CC(C)=C(CO)C(C)C. The van der Waals surface area contributed by atoms with Crippen LogP contribution in [0.4, 0.5) is 0 Å². The van der Waals surface area contributed by atoms with Gasteiger partial charge in [-0.05, 0) is 25.3 Å². The molecule has 0 fully saturated rings. The summed E-state index contributed by atoms with van der Waals surface area (Å²) >= 11 is 0. The molecule has 0 spiro atoms. The first kappa shape index (κ1) is 12.4. The number of allylic oxidation sites excluding steroid dienone is 1. The lowest BCUT2D eigenvalue weighted by Gasteiger charge is -2.09. The molecule has 0 aliphatic carbocycles. The Hall–Kier alpha value is -0.300. The van der Waals surface area contributed by atoms with Gasteiger partial charge in [-0.25, -0.2) is 0 Å². The Morgan fingerprint density at radius 3 is 1.70 bits per heavy atom. The van der Waals surface area contributed by atoms with Crippen molar-refractivity contribution in [2.24, 2.45) is 5.92 Å². The lowest BCUT2D eigenvalue weighted by Crippen LogP contribution is -2.00. The third kappa shape index (κ3) is 3.67. The molecule has 1 N–H and O–H groups in total. The zero-order valence-corrected chi connectivity index (χ0v) is 6.73. The van der Waals surface area contributed by atoms with Crippen molar-refractivity contribution in [2.45, 2.75) is 35.1 Å². The van der Waals surface area contributed by atoms with Gasteiger partial charge in [0.05, 0.1) is 6.61 Å². The molecule has 0 radical (unpaired) electrons. The zero-order valence-electron chi connectivity index (χ0n) is 6.73. The van der Waals surface area contributed by atoms with E-state index in [4.69, 9.17) is 5.11 Å². The van der Waals surface area contributed by atoms with Crippen LogP contribution in [0.25, 0.3) is 0 Å². The predicted octanol–water partition coefficient (Wildman–Crippen LogP) is 2.61. The van der Waals surface area contributed by atoms with Crippen LogP contribution in [-0.2, 0) is 0 Å². The minimum absolute atomic E-state index is 0. The van der Waals surface area contributed by atoms with E-state index in [0.29, 0.717) is 5.92 Å². The van der Waals surface area contributed by atoms with E-state index in [0.717, 1.165) is 5.57 Å². The summed E-state index contributed by atoms with van der Waals surface area (Å²) in [5.41, 5.74) is 2.41. The van der Waals surface area contributed by atoms with Crippen LogP contribution in [0.3, 0.4) is 0 Å². The maximum atomic E-state index is 8.81. The van der Waals surface area contributed by atoms with Gasteiger partial charge in [0.2, 0.25) is 0 Å². The second kappa shape index (κ2) is 5.48. The number of aliphatic hydroxyl groups excluding tert-OH is 1. The largest absolute Gasteiger partial charge is 0.392 e. The van der Waals surface area contributed by atoms with Crippen LogP contribution in [0.2, 0.25) is 0 Å². The fourth-order valence-electron chi connectivity index (χ4n) is 0.918. The summed E-state index contributed by atoms with van der Waals surface area (Å²) in [5.74, 6) is 0.486. The average molecular weight is 144 g/mol. The van der Waals surface area contributed by atoms with Crippen LogP contribution in [0, 0.1) is 5.92 Å². The topological polar surface area (TPSA) is 20.2 Å². The van der Waals surface area contributed by atoms with E-state index < -0.39 is 0 Å². The van der Waals surface area contributed by atoms with Crippen molar-refractivity contribution < 1.29 is 5.11 Å². The molecule has 0 aliphatic rings. The van der Waals surface area contributed by atoms with E-state index >= 15 is 0 Å². The molecule has 62 valence electrons. The molecule has 1 heteroatoms. The van der Waals surface area contributed by atoms with Crippen LogP contribution in [0.15, 0.2) is 11.1 Å². The fourth-order valence-corrected chi connectivity index (χ4v) is 0.918. The Balaban J connectivity index is 0. The van der Waals surface area contributed by atoms with Crippen LogP contribution in [0.5, 0.6) is 0 Å². The molecule has 0 aromatic carbocycles. The Kier molecular flexibility index (Phi) is 6.79. The van der Waals surface area contributed by atoms with Gasteiger partial charge in [0.15, 0.2) is 0 Å². The number of aliphatic hydroxyl groups is 1. The monoisotopic (exact) mass is 144 g/mol. The normalized spacial score (nSPS) is 9.00. The van der Waals surface area contributed by atoms with Crippen molar-refractivity contribution >= 4 is 0 Å². The minimum Gasteiger partial charge on any atom is -0.392 e. The Labute approximate surface area is 64.8 Å². The van der Waals surface area contributed by atoms with Crippen molar-refractivity contribution in [3.63, 3.8) is 0 Å². The smallest absolute Gasteiger partial charge is 0.0646 e. The van der Waals surface area contributed by atoms with Crippen molar-refractivity contribution in [3.8, 4) is 0 Å². The first-order valence-corrected chi connectivity index (χ1v) is 3.36. The summed E-state index contributed by atoms with van der Waals surface area (Å²) in [6.45, 7) is 8.47. The van der Waals surface area contributed by atoms with E-state index in [2.05, 4.69) is 13.8 Å². The quantitative estimate of drug-likeness (QED) is 0.591. The van der Waals surface area contributed by atoms with Crippen molar-refractivity contribution in [1.82, 2.24) is 0 Å². The summed E-state index contributed by atoms with van der Waals surface area (Å²) in [7, 11) is 0. The molecule has 1 nitrogen and oxygen atoms in total. The lowest BCUT2D eigenvalue weighted by molar-refractivity contribution is 0.317. The van der Waals surface area contributed by atoms with Crippen LogP contribution < -0.4 is 0 Å². The summed E-state index contributed by atoms with van der Waals surface area (Å²) in [6, 6.07) is 0. The molecule has 0 aromatic rings. The van der Waals surface area contributed by atoms with Gasteiger partial charge in [0.1, 0.15) is 0 Å². The zero-order chi connectivity index (χ0) is 7.44. The van der Waals surface area contributed by atoms with Crippen molar-refractivity contribution in [2.75, 3.05) is 6.61 Å². The highest BCUT2D eigenvalue weighted by molar-refractivity contribution is 5.11. The van der Waals surface area contributed by atoms with Crippen LogP contribution in [-0.4, -0.2) is 11.7 Å². The van der Waals surface area contributed by atoms with Crippen molar-refractivity contribution in [1.29, 1.82) is 0 Å². The highest BCUT2D eigenvalue weighted by Crippen LogP contribution is 2.12. The molecule has 0 rings (SSSR count). The van der Waals surface area contributed by atoms with Crippen LogP contribution in [0.1, 0.15) is 35.1 Å². The van der Waals surface area contributed by atoms with Gasteiger partial charge in [-0.3, -0.25) is 0 Å². The Morgan fingerprint density at radius 2 is 1.70 bits per heavy atom. The van der Waals surface area contributed by atoms with E-state index in [9.17, 15) is 0 Å². The molecule has 0 heterocycles. The third-order valence-electron chi connectivity index (χ3n) is 1.51. The molecular weight excluding hydrogens is 124 g/mol.